The molecule has 0 saturated heterocycles. The number of alkyl halides is 3. The molecule has 0 amide bonds. The van der Waals surface area contributed by atoms with E-state index in [1.165, 1.54) is 12.1 Å². The molecule has 18 heavy (non-hydrogen) atoms. The molecule has 2 nitrogen and oxygen atoms in total. The molecule has 100 valence electrons. The van der Waals surface area contributed by atoms with Gasteiger partial charge in [-0.15, -0.1) is 0 Å². The van der Waals surface area contributed by atoms with Gasteiger partial charge in [0.25, 0.3) is 0 Å². The Morgan fingerprint density at radius 2 is 1.56 bits per heavy atom. The predicted octanol–water partition coefficient (Wildman–Crippen LogP) is 3.35. The molecule has 0 aliphatic heterocycles. The van der Waals surface area contributed by atoms with E-state index in [4.69, 9.17) is 10.5 Å². The Hall–Kier alpha value is -1.23. The Kier molecular flexibility index (Phi) is 3.80. The van der Waals surface area contributed by atoms with E-state index in [1.807, 2.05) is 0 Å². The molecule has 5 heteroatoms. The summed E-state index contributed by atoms with van der Waals surface area (Å²) in [5.74, 6) is 0.489. The van der Waals surface area contributed by atoms with Gasteiger partial charge in [-0.05, 0) is 49.9 Å². The van der Waals surface area contributed by atoms with Crippen LogP contribution in [-0.4, -0.2) is 12.1 Å². The maximum atomic E-state index is 12.4. The largest absolute Gasteiger partial charge is 0.490 e. The zero-order valence-electron chi connectivity index (χ0n) is 9.91. The number of hydrogen-bond donors (Lipinski definition) is 1. The van der Waals surface area contributed by atoms with Gasteiger partial charge in [-0.25, -0.2) is 0 Å². The van der Waals surface area contributed by atoms with Gasteiger partial charge in [0.1, 0.15) is 5.75 Å². The Morgan fingerprint density at radius 1 is 1.00 bits per heavy atom. The summed E-state index contributed by atoms with van der Waals surface area (Å²) in [6, 6.07) is 5.07. The second-order valence-electron chi connectivity index (χ2n) is 4.68. The zero-order chi connectivity index (χ0) is 13.2. The van der Waals surface area contributed by atoms with Crippen molar-refractivity contribution in [2.24, 2.45) is 5.73 Å². The van der Waals surface area contributed by atoms with Crippen LogP contribution in [0.1, 0.15) is 31.2 Å². The van der Waals surface area contributed by atoms with E-state index < -0.39 is 11.7 Å². The van der Waals surface area contributed by atoms with Crippen molar-refractivity contribution in [2.45, 2.75) is 44.0 Å². The third-order valence-corrected chi connectivity index (χ3v) is 3.20. The molecular weight excluding hydrogens is 243 g/mol. The minimum Gasteiger partial charge on any atom is -0.490 e. The van der Waals surface area contributed by atoms with Crippen LogP contribution in [0.5, 0.6) is 5.75 Å². The van der Waals surface area contributed by atoms with E-state index in [9.17, 15) is 13.2 Å². The van der Waals surface area contributed by atoms with Crippen molar-refractivity contribution in [2.75, 3.05) is 0 Å². The molecule has 1 fully saturated rings. The summed E-state index contributed by atoms with van der Waals surface area (Å²) in [4.78, 5) is 0. The van der Waals surface area contributed by atoms with Crippen molar-refractivity contribution in [3.05, 3.63) is 29.8 Å². The smallest absolute Gasteiger partial charge is 0.416 e. The Bertz CT molecular complexity index is 380. The van der Waals surface area contributed by atoms with Gasteiger partial charge in [0.2, 0.25) is 0 Å². The summed E-state index contributed by atoms with van der Waals surface area (Å²) < 4.78 is 42.7. The average molecular weight is 259 g/mol. The molecule has 0 heterocycles. The third-order valence-electron chi connectivity index (χ3n) is 3.20. The maximum absolute atomic E-state index is 12.4. The highest BCUT2D eigenvalue weighted by Gasteiger charge is 2.30. The first kappa shape index (κ1) is 13.2. The summed E-state index contributed by atoms with van der Waals surface area (Å²) in [5.41, 5.74) is 5.13. The fraction of sp³-hybridized carbons (Fsp3) is 0.538. The van der Waals surface area contributed by atoms with Crippen LogP contribution in [-0.2, 0) is 6.18 Å². The minimum atomic E-state index is -4.30. The second-order valence-corrected chi connectivity index (χ2v) is 4.68. The highest BCUT2D eigenvalue weighted by molar-refractivity contribution is 5.29. The van der Waals surface area contributed by atoms with Gasteiger partial charge in [0.05, 0.1) is 11.7 Å². The normalized spacial score (nSPS) is 24.9. The van der Waals surface area contributed by atoms with Crippen molar-refractivity contribution < 1.29 is 17.9 Å². The molecule has 0 bridgehead atoms. The van der Waals surface area contributed by atoms with Crippen molar-refractivity contribution in [1.29, 1.82) is 0 Å². The van der Waals surface area contributed by atoms with Crippen molar-refractivity contribution in [3.63, 3.8) is 0 Å². The fourth-order valence-corrected chi connectivity index (χ4v) is 2.12. The maximum Gasteiger partial charge on any atom is 0.416 e. The van der Waals surface area contributed by atoms with Crippen LogP contribution in [0.15, 0.2) is 24.3 Å². The van der Waals surface area contributed by atoms with Crippen LogP contribution in [0.2, 0.25) is 0 Å². The van der Waals surface area contributed by atoms with Gasteiger partial charge in [0, 0.05) is 6.04 Å². The van der Waals surface area contributed by atoms with Crippen LogP contribution in [0.25, 0.3) is 0 Å². The lowest BCUT2D eigenvalue weighted by Crippen LogP contribution is -2.31. The number of rotatable bonds is 2. The lowest BCUT2D eigenvalue weighted by molar-refractivity contribution is -0.137. The molecule has 1 aromatic carbocycles. The van der Waals surface area contributed by atoms with Gasteiger partial charge >= 0.3 is 6.18 Å². The van der Waals surface area contributed by atoms with Crippen LogP contribution in [0.4, 0.5) is 13.2 Å². The van der Waals surface area contributed by atoms with Crippen LogP contribution >= 0.6 is 0 Å². The van der Waals surface area contributed by atoms with Gasteiger partial charge in [0.15, 0.2) is 0 Å². The van der Waals surface area contributed by atoms with E-state index in [0.29, 0.717) is 5.75 Å². The Balaban J connectivity index is 1.94. The molecule has 1 saturated carbocycles. The van der Waals surface area contributed by atoms with Crippen LogP contribution < -0.4 is 10.5 Å². The zero-order valence-corrected chi connectivity index (χ0v) is 9.91. The number of ether oxygens (including phenoxy) is 1. The Morgan fingerprint density at radius 3 is 2.06 bits per heavy atom. The second kappa shape index (κ2) is 5.18. The predicted molar refractivity (Wildman–Crippen MR) is 62.3 cm³/mol. The number of nitrogens with two attached hydrogens (primary N) is 1. The van der Waals surface area contributed by atoms with Gasteiger partial charge in [-0.3, -0.25) is 0 Å². The van der Waals surface area contributed by atoms with Crippen LogP contribution in [0.3, 0.4) is 0 Å². The monoisotopic (exact) mass is 259 g/mol. The summed E-state index contributed by atoms with van der Waals surface area (Å²) >= 11 is 0. The molecule has 0 aromatic heterocycles. The lowest BCUT2D eigenvalue weighted by Gasteiger charge is -2.26. The summed E-state index contributed by atoms with van der Waals surface area (Å²) in [6.45, 7) is 0. The number of halogens is 3. The number of benzene rings is 1. The van der Waals surface area contributed by atoms with E-state index in [2.05, 4.69) is 0 Å². The van der Waals surface area contributed by atoms with E-state index in [-0.39, 0.29) is 12.1 Å². The minimum absolute atomic E-state index is 0.0709. The van der Waals surface area contributed by atoms with Crippen LogP contribution in [0, 0.1) is 0 Å². The molecule has 2 rings (SSSR count). The van der Waals surface area contributed by atoms with Crippen molar-refractivity contribution in [3.8, 4) is 5.75 Å². The van der Waals surface area contributed by atoms with Crippen molar-refractivity contribution >= 4 is 0 Å². The third kappa shape index (κ3) is 3.38. The first-order valence-electron chi connectivity index (χ1n) is 6.04. The summed E-state index contributed by atoms with van der Waals surface area (Å²) in [5, 5.41) is 0. The van der Waals surface area contributed by atoms with Gasteiger partial charge < -0.3 is 10.5 Å². The SMILES string of the molecule is N[C@H]1CC[C@H](Oc2ccc(C(F)(F)F)cc2)CC1. The molecule has 0 spiro atoms. The van der Waals surface area contributed by atoms with E-state index >= 15 is 0 Å². The molecule has 2 N–H and O–H groups in total. The van der Waals surface area contributed by atoms with E-state index in [1.54, 1.807) is 0 Å². The molecular formula is C13H16F3NO. The molecule has 1 aromatic rings. The first-order valence-corrected chi connectivity index (χ1v) is 6.04. The van der Waals surface area contributed by atoms with Gasteiger partial charge in [-0.2, -0.15) is 13.2 Å². The molecule has 0 unspecified atom stereocenters. The summed E-state index contributed by atoms with van der Waals surface area (Å²) in [7, 11) is 0. The molecule has 1 aliphatic rings. The average Bonchev–Trinajstić information content (AvgIpc) is 2.32. The fourth-order valence-electron chi connectivity index (χ4n) is 2.12. The highest BCUT2D eigenvalue weighted by atomic mass is 19.4. The summed E-state index contributed by atoms with van der Waals surface area (Å²) in [6.07, 6.45) is -0.682. The molecule has 0 atom stereocenters. The van der Waals surface area contributed by atoms with Gasteiger partial charge in [-0.1, -0.05) is 0 Å². The quantitative estimate of drug-likeness (QED) is 0.884. The topological polar surface area (TPSA) is 35.2 Å². The standard InChI is InChI=1S/C13H16F3NO/c14-13(15,16)9-1-5-11(6-2-9)18-12-7-3-10(17)4-8-12/h1-2,5-6,10,12H,3-4,7-8,17H2/t10-,12-. The van der Waals surface area contributed by atoms with E-state index in [0.717, 1.165) is 37.8 Å². The highest BCUT2D eigenvalue weighted by Crippen LogP contribution is 2.31. The first-order chi connectivity index (χ1) is 8.45. The number of hydrogen-bond acceptors (Lipinski definition) is 2. The van der Waals surface area contributed by atoms with Crippen molar-refractivity contribution in [1.82, 2.24) is 0 Å². The Labute approximate surface area is 104 Å². The molecule has 1 aliphatic carbocycles. The molecule has 0 radical (unpaired) electrons. The lowest BCUT2D eigenvalue weighted by atomic mass is 9.94.